The van der Waals surface area contributed by atoms with Crippen molar-refractivity contribution in [2.24, 2.45) is 11.3 Å². The van der Waals surface area contributed by atoms with Crippen molar-refractivity contribution in [1.82, 2.24) is 15.2 Å². The molecule has 4 nitrogen and oxygen atoms in total. The van der Waals surface area contributed by atoms with Crippen LogP contribution in [0.25, 0.3) is 11.3 Å². The second kappa shape index (κ2) is 6.13. The average molecular weight is 371 g/mol. The SMILES string of the molecule is CC1(C)C(=O)CCC2(c3ccccc3)c3[nH]nc(-c4cccnc4)c3CCC12. The average Bonchev–Trinajstić information content (AvgIpc) is 3.17. The van der Waals surface area contributed by atoms with E-state index in [-0.39, 0.29) is 16.7 Å². The number of fused-ring (bicyclic) bond motifs is 3. The third-order valence-corrected chi connectivity index (χ3v) is 7.15. The lowest BCUT2D eigenvalue weighted by molar-refractivity contribution is -0.136. The molecule has 4 heteroatoms. The van der Waals surface area contributed by atoms with Crippen molar-refractivity contribution in [3.05, 3.63) is 71.7 Å². The highest BCUT2D eigenvalue weighted by Gasteiger charge is 2.57. The van der Waals surface area contributed by atoms with Gasteiger partial charge < -0.3 is 0 Å². The number of pyridine rings is 1. The number of hydrogen-bond donors (Lipinski definition) is 1. The topological polar surface area (TPSA) is 58.6 Å². The highest BCUT2D eigenvalue weighted by atomic mass is 16.1. The van der Waals surface area contributed by atoms with Crippen molar-refractivity contribution >= 4 is 5.78 Å². The fraction of sp³-hybridized carbons (Fsp3) is 0.375. The van der Waals surface area contributed by atoms with Gasteiger partial charge in [0.25, 0.3) is 0 Å². The Morgan fingerprint density at radius 3 is 2.64 bits per heavy atom. The highest BCUT2D eigenvalue weighted by Crippen LogP contribution is 2.59. The van der Waals surface area contributed by atoms with Gasteiger partial charge in [-0.15, -0.1) is 0 Å². The van der Waals surface area contributed by atoms with Crippen molar-refractivity contribution in [3.8, 4) is 11.3 Å². The molecule has 2 atom stereocenters. The Morgan fingerprint density at radius 1 is 1.07 bits per heavy atom. The van der Waals surface area contributed by atoms with Gasteiger partial charge in [0.15, 0.2) is 0 Å². The van der Waals surface area contributed by atoms with E-state index in [1.165, 1.54) is 16.8 Å². The maximum absolute atomic E-state index is 12.8. The lowest BCUT2D eigenvalue weighted by Gasteiger charge is -2.54. The molecule has 0 bridgehead atoms. The minimum atomic E-state index is -0.342. The third kappa shape index (κ3) is 2.27. The number of nitrogens with one attached hydrogen (secondary N) is 1. The van der Waals surface area contributed by atoms with Crippen LogP contribution in [0.3, 0.4) is 0 Å². The van der Waals surface area contributed by atoms with E-state index < -0.39 is 0 Å². The van der Waals surface area contributed by atoms with Gasteiger partial charge in [-0.1, -0.05) is 44.2 Å². The molecule has 0 saturated heterocycles. The zero-order chi connectivity index (χ0) is 19.4. The number of H-pyrrole nitrogens is 1. The van der Waals surface area contributed by atoms with Crippen LogP contribution in [0.1, 0.15) is 49.9 Å². The first-order chi connectivity index (χ1) is 13.5. The first kappa shape index (κ1) is 17.4. The predicted molar refractivity (Wildman–Crippen MR) is 109 cm³/mol. The summed E-state index contributed by atoms with van der Waals surface area (Å²) in [7, 11) is 0. The van der Waals surface area contributed by atoms with Gasteiger partial charge in [0.05, 0.1) is 5.69 Å². The first-order valence-electron chi connectivity index (χ1n) is 10.1. The van der Waals surface area contributed by atoms with Crippen molar-refractivity contribution in [3.63, 3.8) is 0 Å². The van der Waals surface area contributed by atoms with E-state index in [1.807, 2.05) is 12.3 Å². The fourth-order valence-corrected chi connectivity index (χ4v) is 5.76. The van der Waals surface area contributed by atoms with Gasteiger partial charge in [0.1, 0.15) is 5.78 Å². The standard InChI is InChI=1S/C24H25N3O/c1-23(2)19-11-10-18-21(16-7-6-14-25-15-16)26-27-22(18)24(19,13-12-20(23)28)17-8-4-3-5-9-17/h3-9,14-15,19H,10-13H2,1-2H3,(H,26,27). The molecule has 28 heavy (non-hydrogen) atoms. The molecule has 2 aromatic heterocycles. The number of carbonyl (C=O) groups excluding carboxylic acids is 1. The molecule has 0 radical (unpaired) electrons. The lowest BCUT2D eigenvalue weighted by atomic mass is 9.48. The van der Waals surface area contributed by atoms with E-state index in [0.29, 0.717) is 12.2 Å². The van der Waals surface area contributed by atoms with Gasteiger partial charge >= 0.3 is 0 Å². The van der Waals surface area contributed by atoms with Crippen LogP contribution < -0.4 is 0 Å². The minimum absolute atomic E-state index is 0.195. The van der Waals surface area contributed by atoms with Gasteiger partial charge in [-0.25, -0.2) is 0 Å². The van der Waals surface area contributed by atoms with E-state index in [2.05, 4.69) is 60.3 Å². The van der Waals surface area contributed by atoms with Crippen molar-refractivity contribution in [2.75, 3.05) is 0 Å². The lowest BCUT2D eigenvalue weighted by Crippen LogP contribution is -2.54. The number of ketones is 1. The summed E-state index contributed by atoms with van der Waals surface area (Å²) in [6.45, 7) is 4.28. The molecule has 1 saturated carbocycles. The number of aromatic nitrogens is 3. The molecule has 0 aliphatic heterocycles. The Kier molecular flexibility index (Phi) is 3.80. The normalized spacial score (nSPS) is 25.8. The zero-order valence-corrected chi connectivity index (χ0v) is 16.4. The third-order valence-electron chi connectivity index (χ3n) is 7.15. The Hall–Kier alpha value is -2.75. The molecular formula is C24H25N3O. The Balaban J connectivity index is 1.75. The molecule has 142 valence electrons. The van der Waals surface area contributed by atoms with Crippen LogP contribution in [-0.4, -0.2) is 21.0 Å². The first-order valence-corrected chi connectivity index (χ1v) is 10.1. The number of aromatic amines is 1. The molecule has 2 unspecified atom stereocenters. The van der Waals surface area contributed by atoms with E-state index in [4.69, 9.17) is 5.10 Å². The highest BCUT2D eigenvalue weighted by molar-refractivity contribution is 5.86. The second-order valence-electron chi connectivity index (χ2n) is 8.74. The van der Waals surface area contributed by atoms with Crippen molar-refractivity contribution < 1.29 is 4.79 Å². The number of rotatable bonds is 2. The Bertz CT molecular complexity index is 1020. The molecule has 3 aromatic rings. The number of carbonyl (C=O) groups is 1. The Morgan fingerprint density at radius 2 is 1.89 bits per heavy atom. The number of Topliss-reactive ketones (excluding diaryl/α,β-unsaturated/α-hetero) is 1. The van der Waals surface area contributed by atoms with E-state index in [0.717, 1.165) is 30.5 Å². The number of nitrogens with zero attached hydrogens (tertiary/aromatic N) is 2. The summed E-state index contributed by atoms with van der Waals surface area (Å²) in [5.74, 6) is 0.651. The summed E-state index contributed by atoms with van der Waals surface area (Å²) in [4.78, 5) is 17.1. The summed E-state index contributed by atoms with van der Waals surface area (Å²) in [6.07, 6.45) is 7.05. The van der Waals surface area contributed by atoms with Crippen LogP contribution in [0, 0.1) is 11.3 Å². The fourth-order valence-electron chi connectivity index (χ4n) is 5.76. The quantitative estimate of drug-likeness (QED) is 0.710. The van der Waals surface area contributed by atoms with Crippen LogP contribution in [0.4, 0.5) is 0 Å². The zero-order valence-electron chi connectivity index (χ0n) is 16.4. The molecule has 2 aliphatic rings. The predicted octanol–water partition coefficient (Wildman–Crippen LogP) is 4.71. The van der Waals surface area contributed by atoms with Crippen LogP contribution in [0.2, 0.25) is 0 Å². The van der Waals surface area contributed by atoms with E-state index >= 15 is 0 Å². The number of benzene rings is 1. The van der Waals surface area contributed by atoms with Gasteiger partial charge in [-0.3, -0.25) is 14.9 Å². The molecule has 2 aliphatic carbocycles. The van der Waals surface area contributed by atoms with Crippen LogP contribution in [0.15, 0.2) is 54.9 Å². The number of hydrogen-bond acceptors (Lipinski definition) is 3. The summed E-state index contributed by atoms with van der Waals surface area (Å²) >= 11 is 0. The monoisotopic (exact) mass is 371 g/mol. The molecule has 0 spiro atoms. The molecule has 1 aromatic carbocycles. The largest absolute Gasteiger partial charge is 0.299 e. The molecular weight excluding hydrogens is 346 g/mol. The van der Waals surface area contributed by atoms with Crippen LogP contribution in [0.5, 0.6) is 0 Å². The van der Waals surface area contributed by atoms with Crippen LogP contribution in [-0.2, 0) is 16.6 Å². The van der Waals surface area contributed by atoms with Crippen LogP contribution >= 0.6 is 0 Å². The van der Waals surface area contributed by atoms with Gasteiger partial charge in [0.2, 0.25) is 0 Å². The summed E-state index contributed by atoms with van der Waals surface area (Å²) in [5, 5.41) is 8.17. The molecule has 1 fully saturated rings. The van der Waals surface area contributed by atoms with Crippen molar-refractivity contribution in [2.45, 2.75) is 44.9 Å². The second-order valence-corrected chi connectivity index (χ2v) is 8.74. The van der Waals surface area contributed by atoms with E-state index in [9.17, 15) is 4.79 Å². The van der Waals surface area contributed by atoms with Gasteiger partial charge in [0, 0.05) is 46.5 Å². The smallest absolute Gasteiger partial charge is 0.138 e. The molecule has 0 amide bonds. The maximum atomic E-state index is 12.8. The van der Waals surface area contributed by atoms with Gasteiger partial charge in [-0.2, -0.15) is 5.10 Å². The van der Waals surface area contributed by atoms with Crippen molar-refractivity contribution in [1.29, 1.82) is 0 Å². The molecule has 5 rings (SSSR count). The summed E-state index contributed by atoms with van der Waals surface area (Å²) in [5.41, 5.74) is 5.31. The summed E-state index contributed by atoms with van der Waals surface area (Å²) < 4.78 is 0. The Labute approximate surface area is 165 Å². The maximum Gasteiger partial charge on any atom is 0.138 e. The minimum Gasteiger partial charge on any atom is -0.299 e. The summed E-state index contributed by atoms with van der Waals surface area (Å²) in [6, 6.07) is 14.7. The van der Waals surface area contributed by atoms with E-state index in [1.54, 1.807) is 6.20 Å². The molecule has 1 N–H and O–H groups in total. The van der Waals surface area contributed by atoms with Gasteiger partial charge in [-0.05, 0) is 42.9 Å². The molecule has 2 heterocycles.